The fourth-order valence-corrected chi connectivity index (χ4v) is 5.19. The summed E-state index contributed by atoms with van der Waals surface area (Å²) < 4.78 is 6.62. The van der Waals surface area contributed by atoms with E-state index in [9.17, 15) is 10.4 Å². The maximum atomic E-state index is 9.91. The Bertz CT molecular complexity index is 1160. The number of anilines is 1. The molecule has 0 spiro atoms. The van der Waals surface area contributed by atoms with Crippen LogP contribution in [0.5, 0.6) is 5.75 Å². The van der Waals surface area contributed by atoms with Gasteiger partial charge in [-0.05, 0) is 36.5 Å². The summed E-state index contributed by atoms with van der Waals surface area (Å²) >= 11 is 1.73. The molecule has 150 valence electrons. The maximum Gasteiger partial charge on any atom is 0.271 e. The Hall–Kier alpha value is -2.89. The number of benzene rings is 1. The van der Waals surface area contributed by atoms with Crippen molar-refractivity contribution < 1.29 is 9.84 Å². The van der Waals surface area contributed by atoms with Crippen molar-refractivity contribution in [2.45, 2.75) is 19.1 Å². The molecule has 1 aromatic carbocycles. The minimum atomic E-state index is 0.129. The van der Waals surface area contributed by atoms with Gasteiger partial charge in [-0.1, -0.05) is 24.5 Å². The van der Waals surface area contributed by atoms with Gasteiger partial charge in [-0.15, -0.1) is 11.3 Å². The second-order valence-electron chi connectivity index (χ2n) is 7.68. The Morgan fingerprint density at radius 1 is 1.20 bits per heavy atom. The number of rotatable bonds is 3. The summed E-state index contributed by atoms with van der Waals surface area (Å²) in [6, 6.07) is 9.23. The largest absolute Gasteiger partial charge is 0.508 e. The Morgan fingerprint density at radius 3 is 2.80 bits per heavy atom. The third kappa shape index (κ3) is 3.67. The number of nitriles is 1. The zero-order valence-corrected chi connectivity index (χ0v) is 17.4. The van der Waals surface area contributed by atoms with E-state index in [1.54, 1.807) is 23.5 Å². The van der Waals surface area contributed by atoms with Gasteiger partial charge < -0.3 is 14.7 Å². The van der Waals surface area contributed by atoms with E-state index in [1.165, 1.54) is 10.5 Å². The maximum absolute atomic E-state index is 9.91. The van der Waals surface area contributed by atoms with Crippen molar-refractivity contribution >= 4 is 39.7 Å². The number of phenolic OH excluding ortho intramolecular Hbond substituents is 1. The SMILES string of the molecule is N#CB1CC=C(c2cc3nc(-c4cccc(O)c4)nc(N4CCOCC4)c3s2)CC1. The van der Waals surface area contributed by atoms with Gasteiger partial charge in [0.2, 0.25) is 0 Å². The van der Waals surface area contributed by atoms with Crippen LogP contribution in [0.2, 0.25) is 12.6 Å². The van der Waals surface area contributed by atoms with Crippen LogP contribution in [0, 0.1) is 11.2 Å². The van der Waals surface area contributed by atoms with Crippen LogP contribution in [-0.4, -0.2) is 48.1 Å². The molecule has 4 heterocycles. The van der Waals surface area contributed by atoms with Crippen molar-refractivity contribution in [2.75, 3.05) is 31.2 Å². The molecule has 1 N–H and O–H groups in total. The Labute approximate surface area is 179 Å². The first-order valence-corrected chi connectivity index (χ1v) is 11.1. The van der Waals surface area contributed by atoms with E-state index in [4.69, 9.17) is 14.7 Å². The number of allylic oxidation sites excluding steroid dienone is 2. The highest BCUT2D eigenvalue weighted by molar-refractivity contribution is 7.20. The topological polar surface area (TPSA) is 82.3 Å². The number of ether oxygens (including phenoxy) is 1. The molecule has 0 bridgehead atoms. The average Bonchev–Trinajstić information content (AvgIpc) is 3.23. The molecule has 2 aliphatic heterocycles. The number of morpholine rings is 1. The minimum Gasteiger partial charge on any atom is -0.508 e. The Kier molecular flexibility index (Phi) is 5.15. The number of aromatic hydroxyl groups is 1. The van der Waals surface area contributed by atoms with Crippen LogP contribution in [0.3, 0.4) is 0 Å². The number of hydrogen-bond donors (Lipinski definition) is 1. The summed E-state index contributed by atoms with van der Waals surface area (Å²) in [5, 5.41) is 19.1. The van der Waals surface area contributed by atoms with Gasteiger partial charge in [-0.3, -0.25) is 0 Å². The van der Waals surface area contributed by atoms with Crippen molar-refractivity contribution in [3.63, 3.8) is 0 Å². The minimum absolute atomic E-state index is 0.129. The molecule has 2 aliphatic rings. The highest BCUT2D eigenvalue weighted by atomic mass is 32.1. The summed E-state index contributed by atoms with van der Waals surface area (Å²) in [7, 11) is 0. The number of phenols is 1. The summed E-state index contributed by atoms with van der Waals surface area (Å²) in [6.07, 6.45) is 4.86. The second kappa shape index (κ2) is 8.09. The molecular weight excluding hydrogens is 395 g/mol. The van der Waals surface area contributed by atoms with Crippen molar-refractivity contribution in [3.8, 4) is 23.1 Å². The molecule has 3 aromatic rings. The monoisotopic (exact) mass is 416 g/mol. The first-order valence-electron chi connectivity index (χ1n) is 10.2. The summed E-state index contributed by atoms with van der Waals surface area (Å²) in [5.41, 5.74) is 3.03. The van der Waals surface area contributed by atoms with Crippen LogP contribution >= 0.6 is 11.3 Å². The van der Waals surface area contributed by atoms with Crippen LogP contribution in [0.25, 0.3) is 27.2 Å². The third-order valence-electron chi connectivity index (χ3n) is 5.68. The molecule has 6 nitrogen and oxygen atoms in total. The van der Waals surface area contributed by atoms with E-state index in [-0.39, 0.29) is 12.5 Å². The smallest absolute Gasteiger partial charge is 0.271 e. The molecule has 30 heavy (non-hydrogen) atoms. The van der Waals surface area contributed by atoms with Crippen molar-refractivity contribution in [2.24, 2.45) is 0 Å². The van der Waals surface area contributed by atoms with Crippen molar-refractivity contribution in [1.82, 2.24) is 9.97 Å². The molecular formula is C22H21BN4O2S. The lowest BCUT2D eigenvalue weighted by molar-refractivity contribution is 0.122. The average molecular weight is 416 g/mol. The molecule has 0 saturated carbocycles. The lowest BCUT2D eigenvalue weighted by Gasteiger charge is -2.28. The highest BCUT2D eigenvalue weighted by Gasteiger charge is 2.23. The second-order valence-corrected chi connectivity index (χ2v) is 8.73. The van der Waals surface area contributed by atoms with Crippen molar-refractivity contribution in [3.05, 3.63) is 41.3 Å². The molecule has 1 fully saturated rings. The number of aromatic nitrogens is 2. The number of thiophene rings is 1. The highest BCUT2D eigenvalue weighted by Crippen LogP contribution is 2.39. The van der Waals surface area contributed by atoms with Gasteiger partial charge >= 0.3 is 0 Å². The molecule has 5 rings (SSSR count). The van der Waals surface area contributed by atoms with E-state index in [0.29, 0.717) is 19.0 Å². The number of nitrogens with zero attached hydrogens (tertiary/aromatic N) is 4. The van der Waals surface area contributed by atoms with Gasteiger partial charge in [0, 0.05) is 29.5 Å². The van der Waals surface area contributed by atoms with Crippen LogP contribution in [0.4, 0.5) is 5.82 Å². The van der Waals surface area contributed by atoms with E-state index in [2.05, 4.69) is 23.0 Å². The Balaban J connectivity index is 1.62. The van der Waals surface area contributed by atoms with E-state index in [0.717, 1.165) is 53.7 Å². The van der Waals surface area contributed by atoms with Crippen molar-refractivity contribution in [1.29, 1.82) is 5.26 Å². The zero-order valence-electron chi connectivity index (χ0n) is 16.5. The van der Waals surface area contributed by atoms with E-state index >= 15 is 0 Å². The van der Waals surface area contributed by atoms with Gasteiger partial charge in [0.25, 0.3) is 6.71 Å². The predicted molar refractivity (Wildman–Crippen MR) is 121 cm³/mol. The molecule has 1 saturated heterocycles. The first kappa shape index (κ1) is 19.1. The quantitative estimate of drug-likeness (QED) is 0.643. The summed E-state index contributed by atoms with van der Waals surface area (Å²) in [4.78, 5) is 13.2. The lowest BCUT2D eigenvalue weighted by atomic mass is 9.44. The fraction of sp³-hybridized carbons (Fsp3) is 0.318. The van der Waals surface area contributed by atoms with Crippen LogP contribution in [0.1, 0.15) is 11.3 Å². The molecule has 0 unspecified atom stereocenters. The zero-order chi connectivity index (χ0) is 20.5. The van der Waals surface area contributed by atoms with Gasteiger partial charge in [0.05, 0.1) is 23.4 Å². The molecule has 0 radical (unpaired) electrons. The predicted octanol–water partition coefficient (Wildman–Crippen LogP) is 4.25. The summed E-state index contributed by atoms with van der Waals surface area (Å²) in [6.45, 7) is 3.10. The lowest BCUT2D eigenvalue weighted by Crippen LogP contribution is -2.36. The third-order valence-corrected chi connectivity index (χ3v) is 6.87. The fourth-order valence-electron chi connectivity index (χ4n) is 4.01. The number of fused-ring (bicyclic) bond motifs is 1. The van der Waals surface area contributed by atoms with E-state index < -0.39 is 0 Å². The standard InChI is InChI=1S/C22H21BN4O2S/c24-14-23-6-4-15(5-7-23)19-13-18-20(30-19)22(27-8-10-29-11-9-27)26-21(25-18)16-2-1-3-17(28)12-16/h1-4,12-13,28H,5-11H2. The normalized spacial score (nSPS) is 17.1. The van der Waals surface area contributed by atoms with E-state index in [1.807, 2.05) is 12.1 Å². The molecule has 0 amide bonds. The first-order chi connectivity index (χ1) is 14.7. The molecule has 0 aliphatic carbocycles. The van der Waals surface area contributed by atoms with Gasteiger partial charge in [0.1, 0.15) is 5.75 Å². The Morgan fingerprint density at radius 2 is 2.07 bits per heavy atom. The van der Waals surface area contributed by atoms with Crippen LogP contribution in [0.15, 0.2) is 36.4 Å². The number of hydrogen-bond acceptors (Lipinski definition) is 7. The molecule has 8 heteroatoms. The van der Waals surface area contributed by atoms with Crippen LogP contribution in [-0.2, 0) is 4.74 Å². The molecule has 0 atom stereocenters. The van der Waals surface area contributed by atoms with Gasteiger partial charge in [-0.2, -0.15) is 0 Å². The van der Waals surface area contributed by atoms with Gasteiger partial charge in [0.15, 0.2) is 11.6 Å². The van der Waals surface area contributed by atoms with Crippen LogP contribution < -0.4 is 4.90 Å². The molecule has 2 aromatic heterocycles. The van der Waals surface area contributed by atoms with Gasteiger partial charge in [-0.25, -0.2) is 15.2 Å². The summed E-state index contributed by atoms with van der Waals surface area (Å²) in [5.74, 6) is 4.14.